The molecular weight excluding hydrogens is 392 g/mol. The van der Waals surface area contributed by atoms with Crippen molar-refractivity contribution in [1.82, 2.24) is 4.98 Å². The van der Waals surface area contributed by atoms with Crippen molar-refractivity contribution < 1.29 is 23.8 Å². The molecule has 0 spiro atoms. The summed E-state index contributed by atoms with van der Waals surface area (Å²) in [7, 11) is 0. The highest BCUT2D eigenvalue weighted by Gasteiger charge is 2.13. The van der Waals surface area contributed by atoms with E-state index < -0.39 is 0 Å². The van der Waals surface area contributed by atoms with Crippen LogP contribution in [0.4, 0.5) is 5.13 Å². The second kappa shape index (κ2) is 9.70. The van der Waals surface area contributed by atoms with Crippen LogP contribution in [0.25, 0.3) is 10.2 Å². The normalized spacial score (nSPS) is 10.4. The monoisotopic (exact) mass is 412 g/mol. The number of carbonyl (C=O) groups excluding carboxylic acids is 2. The highest BCUT2D eigenvalue weighted by Crippen LogP contribution is 2.28. The molecule has 1 aromatic heterocycles. The van der Waals surface area contributed by atoms with E-state index in [1.165, 1.54) is 11.3 Å². The molecule has 1 heterocycles. The number of hydrogen-bond donors (Lipinski definition) is 1. The summed E-state index contributed by atoms with van der Waals surface area (Å²) in [6, 6.07) is 12.2. The average molecular weight is 412 g/mol. The van der Waals surface area contributed by atoms with Gasteiger partial charge < -0.3 is 14.2 Å². The maximum absolute atomic E-state index is 12.2. The van der Waals surface area contributed by atoms with Crippen LogP contribution in [0.5, 0.6) is 11.5 Å². The number of nitrogens with zero attached hydrogens (tertiary/aromatic N) is 1. The molecule has 3 aromatic rings. The van der Waals surface area contributed by atoms with E-state index in [1.54, 1.807) is 49.4 Å². The number of ether oxygens (including phenoxy) is 3. The molecule has 0 aliphatic heterocycles. The van der Waals surface area contributed by atoms with E-state index in [2.05, 4.69) is 16.9 Å². The Morgan fingerprint density at radius 3 is 2.66 bits per heavy atom. The third-order valence-electron chi connectivity index (χ3n) is 3.71. The first-order valence-corrected chi connectivity index (χ1v) is 9.75. The number of aromatic nitrogens is 1. The lowest BCUT2D eigenvalue weighted by molar-refractivity contribution is -0.118. The molecule has 1 N–H and O–H groups in total. The molecule has 0 saturated heterocycles. The predicted octanol–water partition coefficient (Wildman–Crippen LogP) is 4.06. The highest BCUT2D eigenvalue weighted by atomic mass is 32.1. The number of nitrogens with one attached hydrogen (secondary N) is 1. The van der Waals surface area contributed by atoms with Crippen molar-refractivity contribution in [2.75, 3.05) is 25.1 Å². The summed E-state index contributed by atoms with van der Waals surface area (Å²) in [4.78, 5) is 28.4. The number of para-hydroxylation sites is 2. The Bertz CT molecular complexity index is 1030. The standard InChI is InChI=1S/C21H20N2O5S/c1-3-11-27-16-7-5-6-8-17(16)28-13-19(24)23-21-22-15-10-9-14(12-18(15)29-21)20(25)26-4-2/h3,5-10,12H,1,4,11,13H2,2H3,(H,22,23,24). The van der Waals surface area contributed by atoms with Crippen molar-refractivity contribution in [3.63, 3.8) is 0 Å². The minimum absolute atomic E-state index is 0.196. The topological polar surface area (TPSA) is 86.8 Å². The van der Waals surface area contributed by atoms with E-state index in [9.17, 15) is 9.59 Å². The molecule has 2 aromatic carbocycles. The Hall–Kier alpha value is -3.39. The van der Waals surface area contributed by atoms with Gasteiger partial charge in [-0.1, -0.05) is 36.1 Å². The van der Waals surface area contributed by atoms with Crippen molar-refractivity contribution in [3.05, 3.63) is 60.7 Å². The van der Waals surface area contributed by atoms with Crippen molar-refractivity contribution in [1.29, 1.82) is 0 Å². The third-order valence-corrected chi connectivity index (χ3v) is 4.64. The molecule has 0 fully saturated rings. The van der Waals surface area contributed by atoms with E-state index in [0.29, 0.717) is 40.9 Å². The largest absolute Gasteiger partial charge is 0.486 e. The lowest BCUT2D eigenvalue weighted by Gasteiger charge is -2.11. The zero-order valence-electron chi connectivity index (χ0n) is 15.8. The number of amides is 1. The Morgan fingerprint density at radius 2 is 1.93 bits per heavy atom. The van der Waals surface area contributed by atoms with Gasteiger partial charge in [0.25, 0.3) is 5.91 Å². The van der Waals surface area contributed by atoms with Gasteiger partial charge in [0, 0.05) is 0 Å². The second-order valence-corrected chi connectivity index (χ2v) is 6.84. The van der Waals surface area contributed by atoms with Crippen LogP contribution >= 0.6 is 11.3 Å². The van der Waals surface area contributed by atoms with Crippen molar-refractivity contribution in [2.45, 2.75) is 6.92 Å². The number of rotatable bonds is 9. The van der Waals surface area contributed by atoms with E-state index in [0.717, 1.165) is 4.70 Å². The molecule has 8 heteroatoms. The second-order valence-electron chi connectivity index (χ2n) is 5.81. The molecule has 150 valence electrons. The third kappa shape index (κ3) is 5.32. The van der Waals surface area contributed by atoms with Crippen LogP contribution in [0.1, 0.15) is 17.3 Å². The molecule has 0 aliphatic rings. The van der Waals surface area contributed by atoms with Crippen LogP contribution in [0.3, 0.4) is 0 Å². The number of fused-ring (bicyclic) bond motifs is 1. The fraction of sp³-hybridized carbons (Fsp3) is 0.190. The maximum atomic E-state index is 12.2. The first-order chi connectivity index (χ1) is 14.1. The summed E-state index contributed by atoms with van der Waals surface area (Å²) in [5.41, 5.74) is 1.13. The fourth-order valence-electron chi connectivity index (χ4n) is 2.46. The van der Waals surface area contributed by atoms with Gasteiger partial charge in [0.15, 0.2) is 23.2 Å². The maximum Gasteiger partial charge on any atom is 0.338 e. The summed E-state index contributed by atoms with van der Waals surface area (Å²) >= 11 is 1.27. The zero-order chi connectivity index (χ0) is 20.6. The first kappa shape index (κ1) is 20.3. The van der Waals surface area contributed by atoms with Crippen molar-refractivity contribution in [2.24, 2.45) is 0 Å². The first-order valence-electron chi connectivity index (χ1n) is 8.93. The van der Waals surface area contributed by atoms with Crippen LogP contribution in [0.2, 0.25) is 0 Å². The van der Waals surface area contributed by atoms with Crippen LogP contribution in [0.15, 0.2) is 55.1 Å². The quantitative estimate of drug-likeness (QED) is 0.421. The smallest absolute Gasteiger partial charge is 0.338 e. The summed E-state index contributed by atoms with van der Waals surface area (Å²) in [5.74, 6) is 0.256. The molecule has 0 bridgehead atoms. The Morgan fingerprint density at radius 1 is 1.17 bits per heavy atom. The predicted molar refractivity (Wildman–Crippen MR) is 112 cm³/mol. The van der Waals surface area contributed by atoms with Gasteiger partial charge in [-0.2, -0.15) is 0 Å². The van der Waals surface area contributed by atoms with E-state index in [1.807, 2.05) is 6.07 Å². The molecule has 3 rings (SSSR count). The molecule has 0 saturated carbocycles. The summed E-state index contributed by atoms with van der Waals surface area (Å²) < 4.78 is 16.8. The zero-order valence-corrected chi connectivity index (χ0v) is 16.7. The summed E-state index contributed by atoms with van der Waals surface area (Å²) in [6.07, 6.45) is 1.63. The summed E-state index contributed by atoms with van der Waals surface area (Å²) in [6.45, 7) is 5.81. The van der Waals surface area contributed by atoms with Crippen molar-refractivity contribution in [3.8, 4) is 11.5 Å². The SMILES string of the molecule is C=CCOc1ccccc1OCC(=O)Nc1nc2ccc(C(=O)OCC)cc2s1. The van der Waals surface area contributed by atoms with Gasteiger partial charge in [-0.25, -0.2) is 9.78 Å². The van der Waals surface area contributed by atoms with Gasteiger partial charge in [-0.3, -0.25) is 10.1 Å². The van der Waals surface area contributed by atoms with E-state index in [-0.39, 0.29) is 18.5 Å². The molecule has 0 aliphatic carbocycles. The van der Waals surface area contributed by atoms with Crippen LogP contribution in [0, 0.1) is 0 Å². The Labute approximate surface area is 171 Å². The summed E-state index contributed by atoms with van der Waals surface area (Å²) in [5, 5.41) is 3.13. The average Bonchev–Trinajstić information content (AvgIpc) is 3.12. The lowest BCUT2D eigenvalue weighted by atomic mass is 10.2. The van der Waals surface area contributed by atoms with Gasteiger partial charge in [0.2, 0.25) is 0 Å². The molecule has 29 heavy (non-hydrogen) atoms. The molecule has 0 radical (unpaired) electrons. The number of anilines is 1. The number of esters is 1. The number of hydrogen-bond acceptors (Lipinski definition) is 7. The molecule has 0 unspecified atom stereocenters. The van der Waals surface area contributed by atoms with E-state index >= 15 is 0 Å². The van der Waals surface area contributed by atoms with Gasteiger partial charge in [-0.05, 0) is 37.3 Å². The van der Waals surface area contributed by atoms with Gasteiger partial charge in [-0.15, -0.1) is 0 Å². The fourth-order valence-corrected chi connectivity index (χ4v) is 3.38. The van der Waals surface area contributed by atoms with Crippen LogP contribution in [-0.4, -0.2) is 36.7 Å². The number of thiazole rings is 1. The lowest BCUT2D eigenvalue weighted by Crippen LogP contribution is -2.20. The Kier molecular flexibility index (Phi) is 6.80. The van der Waals surface area contributed by atoms with Gasteiger partial charge >= 0.3 is 5.97 Å². The minimum atomic E-state index is -0.390. The number of carbonyl (C=O) groups is 2. The number of benzene rings is 2. The minimum Gasteiger partial charge on any atom is -0.486 e. The van der Waals surface area contributed by atoms with E-state index in [4.69, 9.17) is 14.2 Å². The molecule has 0 atom stereocenters. The Balaban J connectivity index is 1.63. The van der Waals surface area contributed by atoms with Crippen LogP contribution in [-0.2, 0) is 9.53 Å². The molecule has 7 nitrogen and oxygen atoms in total. The van der Waals surface area contributed by atoms with Crippen molar-refractivity contribution >= 4 is 38.6 Å². The molecular formula is C21H20N2O5S. The highest BCUT2D eigenvalue weighted by molar-refractivity contribution is 7.22. The van der Waals surface area contributed by atoms with Gasteiger partial charge in [0.05, 0.1) is 22.4 Å². The van der Waals surface area contributed by atoms with Crippen LogP contribution < -0.4 is 14.8 Å². The van der Waals surface area contributed by atoms with Gasteiger partial charge in [0.1, 0.15) is 6.61 Å². The molecule has 1 amide bonds.